The van der Waals surface area contributed by atoms with Gasteiger partial charge in [-0.25, -0.2) is 0 Å². The lowest BCUT2D eigenvalue weighted by molar-refractivity contribution is -0.117. The quantitative estimate of drug-likeness (QED) is 0.867. The number of hydrogen-bond donors (Lipinski definition) is 1. The summed E-state index contributed by atoms with van der Waals surface area (Å²) in [6, 6.07) is 16.1. The van der Waals surface area contributed by atoms with E-state index in [1.807, 2.05) is 30.3 Å². The van der Waals surface area contributed by atoms with E-state index in [0.29, 0.717) is 12.3 Å². The second-order valence-corrected chi connectivity index (χ2v) is 6.30. The molecule has 3 rings (SSSR count). The number of anilines is 1. The number of carbonyl (C=O) groups is 1. The molecular formula is C20H23NO2. The Morgan fingerprint density at radius 1 is 1.22 bits per heavy atom. The zero-order chi connectivity index (χ0) is 16.1. The van der Waals surface area contributed by atoms with Gasteiger partial charge >= 0.3 is 0 Å². The van der Waals surface area contributed by atoms with E-state index in [2.05, 4.69) is 30.4 Å². The van der Waals surface area contributed by atoms with Gasteiger partial charge in [0.25, 0.3) is 0 Å². The van der Waals surface area contributed by atoms with Gasteiger partial charge in [0, 0.05) is 18.5 Å². The number of hydrogen-bond acceptors (Lipinski definition) is 2. The fourth-order valence-corrected chi connectivity index (χ4v) is 2.93. The van der Waals surface area contributed by atoms with Gasteiger partial charge < -0.3 is 10.1 Å². The van der Waals surface area contributed by atoms with Crippen molar-refractivity contribution in [3.8, 4) is 5.75 Å². The molecule has 0 fully saturated rings. The minimum absolute atomic E-state index is 0.0842. The van der Waals surface area contributed by atoms with Crippen LogP contribution in [0.3, 0.4) is 0 Å². The van der Waals surface area contributed by atoms with Crippen LogP contribution in [0.4, 0.5) is 5.69 Å². The fourth-order valence-electron chi connectivity index (χ4n) is 2.93. The first-order valence-corrected chi connectivity index (χ1v) is 8.30. The minimum Gasteiger partial charge on any atom is -0.493 e. The van der Waals surface area contributed by atoms with Gasteiger partial charge in [-0.3, -0.25) is 4.79 Å². The number of ether oxygens (including phenoxy) is 1. The number of carbonyl (C=O) groups excluding carboxylic acids is 1. The molecule has 0 saturated carbocycles. The van der Waals surface area contributed by atoms with E-state index in [1.54, 1.807) is 0 Å². The summed E-state index contributed by atoms with van der Waals surface area (Å²) in [6.07, 6.45) is 3.55. The Kier molecular flexibility index (Phi) is 4.96. The summed E-state index contributed by atoms with van der Waals surface area (Å²) in [6.45, 7) is 2.93. The Morgan fingerprint density at radius 3 is 2.87 bits per heavy atom. The molecular weight excluding hydrogens is 286 g/mol. The highest BCUT2D eigenvalue weighted by Gasteiger charge is 2.13. The number of fused-ring (bicyclic) bond motifs is 1. The molecule has 0 aromatic heterocycles. The van der Waals surface area contributed by atoms with Crippen LogP contribution in [-0.4, -0.2) is 12.5 Å². The molecule has 0 spiro atoms. The summed E-state index contributed by atoms with van der Waals surface area (Å²) in [5.41, 5.74) is 3.46. The molecule has 0 aliphatic carbocycles. The SMILES string of the molecule is CC(CCc1ccc2c(c1)OCC2)CC(=O)Nc1ccccc1. The largest absolute Gasteiger partial charge is 0.493 e. The third kappa shape index (κ3) is 4.35. The van der Waals surface area contributed by atoms with Crippen molar-refractivity contribution in [2.24, 2.45) is 5.92 Å². The lowest BCUT2D eigenvalue weighted by Crippen LogP contribution is -2.15. The average Bonchev–Trinajstić information content (AvgIpc) is 3.01. The third-order valence-electron chi connectivity index (χ3n) is 4.28. The van der Waals surface area contributed by atoms with Crippen LogP contribution in [0.25, 0.3) is 0 Å². The van der Waals surface area contributed by atoms with Crippen molar-refractivity contribution in [3.05, 3.63) is 59.7 Å². The van der Waals surface area contributed by atoms with Gasteiger partial charge in [0.2, 0.25) is 5.91 Å². The first-order chi connectivity index (χ1) is 11.2. The molecule has 1 heterocycles. The molecule has 1 N–H and O–H groups in total. The van der Waals surface area contributed by atoms with E-state index >= 15 is 0 Å². The monoisotopic (exact) mass is 309 g/mol. The van der Waals surface area contributed by atoms with Crippen LogP contribution in [0.15, 0.2) is 48.5 Å². The molecule has 23 heavy (non-hydrogen) atoms. The molecule has 1 atom stereocenters. The number of amides is 1. The second-order valence-electron chi connectivity index (χ2n) is 6.30. The number of benzene rings is 2. The summed E-state index contributed by atoms with van der Waals surface area (Å²) in [4.78, 5) is 12.1. The van der Waals surface area contributed by atoms with Crippen molar-refractivity contribution in [2.75, 3.05) is 11.9 Å². The number of aryl methyl sites for hydroxylation is 1. The second kappa shape index (κ2) is 7.32. The van der Waals surface area contributed by atoms with E-state index in [0.717, 1.165) is 37.3 Å². The van der Waals surface area contributed by atoms with Gasteiger partial charge in [-0.2, -0.15) is 0 Å². The molecule has 120 valence electrons. The highest BCUT2D eigenvalue weighted by atomic mass is 16.5. The number of nitrogens with one attached hydrogen (secondary N) is 1. The van der Waals surface area contributed by atoms with Crippen LogP contribution < -0.4 is 10.1 Å². The summed E-state index contributed by atoms with van der Waals surface area (Å²) in [5, 5.41) is 2.95. The van der Waals surface area contributed by atoms with Gasteiger partial charge in [-0.05, 0) is 48.1 Å². The Morgan fingerprint density at radius 2 is 2.04 bits per heavy atom. The van der Waals surface area contributed by atoms with Crippen LogP contribution in [0, 0.1) is 5.92 Å². The van der Waals surface area contributed by atoms with Crippen molar-refractivity contribution in [1.29, 1.82) is 0 Å². The Balaban J connectivity index is 1.46. The summed E-state index contributed by atoms with van der Waals surface area (Å²) in [7, 11) is 0. The zero-order valence-electron chi connectivity index (χ0n) is 13.5. The number of para-hydroxylation sites is 1. The maximum absolute atomic E-state index is 12.1. The van der Waals surface area contributed by atoms with Crippen LogP contribution >= 0.6 is 0 Å². The van der Waals surface area contributed by atoms with Crippen LogP contribution in [0.5, 0.6) is 5.75 Å². The fraction of sp³-hybridized carbons (Fsp3) is 0.350. The van der Waals surface area contributed by atoms with E-state index < -0.39 is 0 Å². The lowest BCUT2D eigenvalue weighted by atomic mass is 9.97. The molecule has 0 bridgehead atoms. The Labute approximate surface area is 137 Å². The molecule has 1 amide bonds. The molecule has 0 saturated heterocycles. The van der Waals surface area contributed by atoms with Crippen LogP contribution in [0.1, 0.15) is 30.9 Å². The molecule has 2 aromatic carbocycles. The number of rotatable bonds is 6. The maximum Gasteiger partial charge on any atom is 0.224 e. The Bertz CT molecular complexity index is 667. The van der Waals surface area contributed by atoms with E-state index in [1.165, 1.54) is 11.1 Å². The molecule has 1 unspecified atom stereocenters. The van der Waals surface area contributed by atoms with Crippen LogP contribution in [0.2, 0.25) is 0 Å². The summed E-state index contributed by atoms with van der Waals surface area (Å²) in [5.74, 6) is 1.48. The normalized spacial score (nSPS) is 14.0. The standard InChI is InChI=1S/C20H23NO2/c1-15(13-20(22)21-18-5-3-2-4-6-18)7-8-16-9-10-17-11-12-23-19(17)14-16/h2-6,9-10,14-15H,7-8,11-13H2,1H3,(H,21,22). The summed E-state index contributed by atoms with van der Waals surface area (Å²) >= 11 is 0. The van der Waals surface area contributed by atoms with Crippen molar-refractivity contribution in [3.63, 3.8) is 0 Å². The van der Waals surface area contributed by atoms with Gasteiger partial charge in [0.1, 0.15) is 5.75 Å². The van der Waals surface area contributed by atoms with Crippen molar-refractivity contribution >= 4 is 11.6 Å². The topological polar surface area (TPSA) is 38.3 Å². The van der Waals surface area contributed by atoms with Gasteiger partial charge in [-0.15, -0.1) is 0 Å². The molecule has 0 radical (unpaired) electrons. The van der Waals surface area contributed by atoms with Gasteiger partial charge in [-0.1, -0.05) is 37.3 Å². The third-order valence-corrected chi connectivity index (χ3v) is 4.28. The first-order valence-electron chi connectivity index (χ1n) is 8.30. The predicted molar refractivity (Wildman–Crippen MR) is 92.8 cm³/mol. The summed E-state index contributed by atoms with van der Waals surface area (Å²) < 4.78 is 5.61. The van der Waals surface area contributed by atoms with Crippen molar-refractivity contribution in [2.45, 2.75) is 32.6 Å². The smallest absolute Gasteiger partial charge is 0.224 e. The van der Waals surface area contributed by atoms with E-state index in [9.17, 15) is 4.79 Å². The Hall–Kier alpha value is -2.29. The zero-order valence-corrected chi connectivity index (χ0v) is 13.5. The van der Waals surface area contributed by atoms with Gasteiger partial charge in [0.05, 0.1) is 6.61 Å². The molecule has 3 nitrogen and oxygen atoms in total. The molecule has 3 heteroatoms. The predicted octanol–water partition coefficient (Wildman–Crippen LogP) is 4.22. The lowest BCUT2D eigenvalue weighted by Gasteiger charge is -2.12. The maximum atomic E-state index is 12.1. The van der Waals surface area contributed by atoms with Crippen molar-refractivity contribution in [1.82, 2.24) is 0 Å². The highest BCUT2D eigenvalue weighted by Crippen LogP contribution is 2.27. The van der Waals surface area contributed by atoms with E-state index in [-0.39, 0.29) is 5.91 Å². The van der Waals surface area contributed by atoms with Crippen LogP contribution in [-0.2, 0) is 17.6 Å². The minimum atomic E-state index is 0.0842. The van der Waals surface area contributed by atoms with Crippen molar-refractivity contribution < 1.29 is 9.53 Å². The van der Waals surface area contributed by atoms with Gasteiger partial charge in [0.15, 0.2) is 0 Å². The molecule has 2 aromatic rings. The highest BCUT2D eigenvalue weighted by molar-refractivity contribution is 5.90. The average molecular weight is 309 g/mol. The van der Waals surface area contributed by atoms with E-state index in [4.69, 9.17) is 4.74 Å². The molecule has 1 aliphatic heterocycles. The molecule has 1 aliphatic rings. The first kappa shape index (κ1) is 15.6.